The third-order valence-electron chi connectivity index (χ3n) is 5.20. The first-order valence-corrected chi connectivity index (χ1v) is 10.8. The minimum atomic E-state index is -0.121. The van der Waals surface area contributed by atoms with Crippen LogP contribution in [-0.4, -0.2) is 47.2 Å². The Hall–Kier alpha value is -3.20. The van der Waals surface area contributed by atoms with Crippen molar-refractivity contribution in [3.63, 3.8) is 0 Å². The average Bonchev–Trinajstić information content (AvgIpc) is 3.28. The number of hydrogen-bond acceptors (Lipinski definition) is 8. The molecule has 0 radical (unpaired) electrons. The van der Waals surface area contributed by atoms with Crippen LogP contribution in [0.1, 0.15) is 12.8 Å². The van der Waals surface area contributed by atoms with Crippen LogP contribution in [0.4, 0.5) is 11.1 Å². The summed E-state index contributed by atoms with van der Waals surface area (Å²) < 4.78 is 11.2. The highest BCUT2D eigenvalue weighted by Gasteiger charge is 2.27. The number of nitrogens with zero attached hydrogens (tertiary/aromatic N) is 4. The van der Waals surface area contributed by atoms with E-state index in [1.54, 1.807) is 18.5 Å². The predicted molar refractivity (Wildman–Crippen MR) is 114 cm³/mol. The van der Waals surface area contributed by atoms with Crippen LogP contribution in [0.2, 0.25) is 0 Å². The number of benzene rings is 1. The Bertz CT molecular complexity index is 1040. The zero-order valence-electron chi connectivity index (χ0n) is 16.3. The summed E-state index contributed by atoms with van der Waals surface area (Å²) >= 11 is 1.42. The molecule has 154 valence electrons. The van der Waals surface area contributed by atoms with Crippen molar-refractivity contribution in [2.75, 3.05) is 36.5 Å². The summed E-state index contributed by atoms with van der Waals surface area (Å²) in [5.74, 6) is 2.01. The normalized spacial score (nSPS) is 18.1. The van der Waals surface area contributed by atoms with Gasteiger partial charge in [0.15, 0.2) is 16.6 Å². The SMILES string of the molecule is O=C(Nc1nc(-c2ccc3c(c2)OCCO3)cs1)C1CCCN(c2ncccn2)C1. The smallest absolute Gasteiger partial charge is 0.231 e. The van der Waals surface area contributed by atoms with Crippen molar-refractivity contribution >= 4 is 28.3 Å². The van der Waals surface area contributed by atoms with Gasteiger partial charge in [0.25, 0.3) is 0 Å². The Balaban J connectivity index is 1.25. The highest BCUT2D eigenvalue weighted by molar-refractivity contribution is 7.14. The number of fused-ring (bicyclic) bond motifs is 1. The molecule has 1 atom stereocenters. The van der Waals surface area contributed by atoms with Gasteiger partial charge in [-0.2, -0.15) is 0 Å². The monoisotopic (exact) mass is 423 g/mol. The van der Waals surface area contributed by atoms with E-state index in [2.05, 4.69) is 25.2 Å². The summed E-state index contributed by atoms with van der Waals surface area (Å²) in [5.41, 5.74) is 1.73. The van der Waals surface area contributed by atoms with Crippen molar-refractivity contribution in [2.45, 2.75) is 12.8 Å². The first-order chi connectivity index (χ1) is 14.8. The molecule has 9 heteroatoms. The maximum atomic E-state index is 12.8. The molecule has 2 aliphatic rings. The van der Waals surface area contributed by atoms with Crippen LogP contribution in [0.3, 0.4) is 0 Å². The van der Waals surface area contributed by atoms with Gasteiger partial charge in [-0.25, -0.2) is 15.0 Å². The highest BCUT2D eigenvalue weighted by atomic mass is 32.1. The average molecular weight is 423 g/mol. The highest BCUT2D eigenvalue weighted by Crippen LogP contribution is 2.35. The second kappa shape index (κ2) is 8.27. The molecule has 2 aromatic heterocycles. The zero-order valence-corrected chi connectivity index (χ0v) is 17.1. The summed E-state index contributed by atoms with van der Waals surface area (Å²) in [6, 6.07) is 7.56. The Kier molecular flexibility index (Phi) is 5.18. The van der Waals surface area contributed by atoms with Crippen molar-refractivity contribution in [1.82, 2.24) is 15.0 Å². The molecule has 1 saturated heterocycles. The topological polar surface area (TPSA) is 89.5 Å². The fourth-order valence-corrected chi connectivity index (χ4v) is 4.42. The van der Waals surface area contributed by atoms with Gasteiger partial charge in [0.2, 0.25) is 11.9 Å². The quantitative estimate of drug-likeness (QED) is 0.689. The van der Waals surface area contributed by atoms with Gasteiger partial charge < -0.3 is 19.7 Å². The summed E-state index contributed by atoms with van der Waals surface area (Å²) in [6.07, 6.45) is 5.22. The number of carbonyl (C=O) groups excluding carboxylic acids is 1. The number of thiazole rings is 1. The molecule has 0 spiro atoms. The van der Waals surface area contributed by atoms with E-state index >= 15 is 0 Å². The number of amides is 1. The van der Waals surface area contributed by atoms with Crippen LogP contribution in [0.5, 0.6) is 11.5 Å². The largest absolute Gasteiger partial charge is 0.486 e. The predicted octanol–water partition coefficient (Wildman–Crippen LogP) is 3.23. The first kappa shape index (κ1) is 18.8. The number of piperidine rings is 1. The van der Waals surface area contributed by atoms with Crippen LogP contribution in [0.15, 0.2) is 42.0 Å². The minimum absolute atomic E-state index is 0.0151. The van der Waals surface area contributed by atoms with Crippen molar-refractivity contribution < 1.29 is 14.3 Å². The molecule has 1 unspecified atom stereocenters. The van der Waals surface area contributed by atoms with Gasteiger partial charge in [-0.1, -0.05) is 0 Å². The second-order valence-corrected chi connectivity index (χ2v) is 8.08. The van der Waals surface area contributed by atoms with Crippen molar-refractivity contribution in [2.24, 2.45) is 5.92 Å². The molecule has 0 bridgehead atoms. The van der Waals surface area contributed by atoms with E-state index in [1.807, 2.05) is 23.6 Å². The second-order valence-electron chi connectivity index (χ2n) is 7.22. The van der Waals surface area contributed by atoms with Gasteiger partial charge in [0.1, 0.15) is 13.2 Å². The fraction of sp³-hybridized carbons (Fsp3) is 0.333. The number of anilines is 2. The summed E-state index contributed by atoms with van der Waals surface area (Å²) in [4.78, 5) is 28.1. The Morgan fingerprint density at radius 1 is 1.17 bits per heavy atom. The molecule has 30 heavy (non-hydrogen) atoms. The molecule has 5 rings (SSSR count). The van der Waals surface area contributed by atoms with E-state index in [9.17, 15) is 4.79 Å². The zero-order chi connectivity index (χ0) is 20.3. The Morgan fingerprint density at radius 3 is 2.87 bits per heavy atom. The maximum Gasteiger partial charge on any atom is 0.231 e. The lowest BCUT2D eigenvalue weighted by Gasteiger charge is -2.31. The number of rotatable bonds is 4. The number of nitrogens with one attached hydrogen (secondary N) is 1. The summed E-state index contributed by atoms with van der Waals surface area (Å²) in [6.45, 7) is 2.57. The lowest BCUT2D eigenvalue weighted by Crippen LogP contribution is -2.41. The molecule has 0 aliphatic carbocycles. The minimum Gasteiger partial charge on any atom is -0.486 e. The summed E-state index contributed by atoms with van der Waals surface area (Å²) in [5, 5.41) is 5.51. The third-order valence-corrected chi connectivity index (χ3v) is 5.96. The van der Waals surface area contributed by atoms with Crippen LogP contribution >= 0.6 is 11.3 Å². The molecule has 3 aromatic rings. The number of carbonyl (C=O) groups is 1. The first-order valence-electron chi connectivity index (χ1n) is 9.94. The van der Waals surface area contributed by atoms with Gasteiger partial charge in [0.05, 0.1) is 11.6 Å². The van der Waals surface area contributed by atoms with Crippen LogP contribution in [0.25, 0.3) is 11.3 Å². The molecule has 4 heterocycles. The fourth-order valence-electron chi connectivity index (χ4n) is 3.70. The van der Waals surface area contributed by atoms with E-state index < -0.39 is 0 Å². The molecule has 1 aromatic carbocycles. The van der Waals surface area contributed by atoms with Crippen molar-refractivity contribution in [3.05, 3.63) is 42.0 Å². The van der Waals surface area contributed by atoms with Gasteiger partial charge in [-0.15, -0.1) is 11.3 Å². The van der Waals surface area contributed by atoms with Crippen LogP contribution < -0.4 is 19.7 Å². The van der Waals surface area contributed by atoms with Crippen molar-refractivity contribution in [1.29, 1.82) is 0 Å². The lowest BCUT2D eigenvalue weighted by atomic mass is 9.97. The van der Waals surface area contributed by atoms with Crippen LogP contribution in [0, 0.1) is 5.92 Å². The molecule has 8 nitrogen and oxygen atoms in total. The molecule has 1 amide bonds. The Labute approximate surface area is 177 Å². The Morgan fingerprint density at radius 2 is 2.00 bits per heavy atom. The number of hydrogen-bond donors (Lipinski definition) is 1. The van der Waals surface area contributed by atoms with Gasteiger partial charge >= 0.3 is 0 Å². The molecule has 0 saturated carbocycles. The third kappa shape index (κ3) is 3.93. The van der Waals surface area contributed by atoms with Crippen LogP contribution in [-0.2, 0) is 4.79 Å². The van der Waals surface area contributed by atoms with Gasteiger partial charge in [0, 0.05) is 36.4 Å². The van der Waals surface area contributed by atoms with E-state index in [0.29, 0.717) is 30.8 Å². The maximum absolute atomic E-state index is 12.8. The molecular formula is C21H21N5O3S. The standard InChI is InChI=1S/C21H21N5O3S/c27-19(15-3-1-8-26(12-15)20-22-6-2-7-23-20)25-21-24-16(13-30-21)14-4-5-17-18(11-14)29-10-9-28-17/h2,4-7,11,13,15H,1,3,8-10,12H2,(H,24,25,27). The molecule has 1 N–H and O–H groups in total. The van der Waals surface area contributed by atoms with Gasteiger partial charge in [-0.3, -0.25) is 4.79 Å². The van der Waals surface area contributed by atoms with E-state index in [0.717, 1.165) is 42.1 Å². The molecule has 2 aliphatic heterocycles. The van der Waals surface area contributed by atoms with Gasteiger partial charge in [-0.05, 0) is 37.1 Å². The number of aromatic nitrogens is 3. The molecule has 1 fully saturated rings. The van der Waals surface area contributed by atoms with E-state index in [-0.39, 0.29) is 11.8 Å². The van der Waals surface area contributed by atoms with E-state index in [1.165, 1.54) is 11.3 Å². The number of ether oxygens (including phenoxy) is 2. The summed E-state index contributed by atoms with van der Waals surface area (Å²) in [7, 11) is 0. The lowest BCUT2D eigenvalue weighted by molar-refractivity contribution is -0.120. The van der Waals surface area contributed by atoms with E-state index in [4.69, 9.17) is 9.47 Å². The molecular weight excluding hydrogens is 402 g/mol. The van der Waals surface area contributed by atoms with Crippen molar-refractivity contribution in [3.8, 4) is 22.8 Å².